The summed E-state index contributed by atoms with van der Waals surface area (Å²) in [4.78, 5) is 12.9. The Balaban J connectivity index is 3.15. The molecule has 0 fully saturated rings. The second-order valence-corrected chi connectivity index (χ2v) is 9.66. The molecular weight excluding hydrogens is 319 g/mol. The van der Waals surface area contributed by atoms with Crippen LogP contribution in [0.4, 0.5) is 0 Å². The second-order valence-electron chi connectivity index (χ2n) is 5.33. The van der Waals surface area contributed by atoms with Crippen molar-refractivity contribution in [2.75, 3.05) is 13.2 Å². The van der Waals surface area contributed by atoms with Gasteiger partial charge in [0.1, 0.15) is 0 Å². The third-order valence-electron chi connectivity index (χ3n) is 3.46. The highest BCUT2D eigenvalue weighted by Gasteiger charge is 2.45. The van der Waals surface area contributed by atoms with Crippen molar-refractivity contribution in [3.63, 3.8) is 0 Å². The lowest BCUT2D eigenvalue weighted by Gasteiger charge is -2.33. The summed E-state index contributed by atoms with van der Waals surface area (Å²) in [6, 6.07) is 9.06. The average Bonchev–Trinajstić information content (AvgIpc) is 2.47. The largest absolute Gasteiger partial charge is 0.390 e. The van der Waals surface area contributed by atoms with Crippen LogP contribution in [0, 0.1) is 5.92 Å². The number of benzene rings is 1. The van der Waals surface area contributed by atoms with Gasteiger partial charge in [-0.05, 0) is 38.1 Å². The van der Waals surface area contributed by atoms with Gasteiger partial charge in [0.15, 0.2) is 5.78 Å². The lowest BCUT2D eigenvalue weighted by atomic mass is 9.88. The molecule has 1 aromatic carbocycles. The van der Waals surface area contributed by atoms with Crippen LogP contribution < -0.4 is 0 Å². The van der Waals surface area contributed by atoms with Crippen LogP contribution in [0.1, 0.15) is 45.0 Å². The van der Waals surface area contributed by atoms with Crippen molar-refractivity contribution in [2.45, 2.75) is 39.4 Å². The Labute approximate surface area is 137 Å². The Morgan fingerprint density at radius 2 is 1.68 bits per heavy atom. The molecule has 0 N–H and O–H groups in total. The summed E-state index contributed by atoms with van der Waals surface area (Å²) in [5, 5.41) is 0. The fourth-order valence-corrected chi connectivity index (χ4v) is 6.84. The Morgan fingerprint density at radius 1 is 1.18 bits per heavy atom. The van der Waals surface area contributed by atoms with Gasteiger partial charge in [0.05, 0.1) is 18.0 Å². The summed E-state index contributed by atoms with van der Waals surface area (Å²) >= 11 is 1.02. The lowest BCUT2D eigenvalue weighted by molar-refractivity contribution is 0.0926. The number of Topliss-reactive ketones (excluding diaryl/α,β-unsaturated/α-hetero) is 1. The molecule has 0 aromatic heterocycles. The molecule has 0 heterocycles. The molecule has 6 heteroatoms. The summed E-state index contributed by atoms with van der Waals surface area (Å²) < 4.78 is 22.6. The van der Waals surface area contributed by atoms with E-state index in [2.05, 4.69) is 0 Å². The summed E-state index contributed by atoms with van der Waals surface area (Å²) in [5.74, 6) is -0.0906. The molecule has 0 spiro atoms. The minimum Gasteiger partial charge on any atom is -0.301 e. The average molecular weight is 344 g/mol. The third kappa shape index (κ3) is 4.69. The third-order valence-corrected chi connectivity index (χ3v) is 8.31. The SMILES string of the molecule is CCOP(=O)(OCC)SC(C)(C(=O)c1ccccc1)C(C)C. The fraction of sp³-hybridized carbons (Fsp3) is 0.562. The van der Waals surface area contributed by atoms with E-state index in [1.165, 1.54) is 0 Å². The molecule has 0 saturated heterocycles. The summed E-state index contributed by atoms with van der Waals surface area (Å²) in [6.45, 7) is 6.39. The molecule has 0 saturated carbocycles. The monoisotopic (exact) mass is 344 g/mol. The highest BCUT2D eigenvalue weighted by atomic mass is 32.7. The predicted molar refractivity (Wildman–Crippen MR) is 92.5 cm³/mol. The maximum Gasteiger partial charge on any atom is 0.390 e. The van der Waals surface area contributed by atoms with Gasteiger partial charge in [-0.2, -0.15) is 0 Å². The first-order valence-corrected chi connectivity index (χ1v) is 10.4. The molecule has 0 radical (unpaired) electrons. The van der Waals surface area contributed by atoms with E-state index in [9.17, 15) is 9.36 Å². The highest BCUT2D eigenvalue weighted by Crippen LogP contribution is 2.66. The molecule has 124 valence electrons. The molecule has 4 nitrogen and oxygen atoms in total. The molecule has 1 aromatic rings. The maximum atomic E-state index is 12.9. The van der Waals surface area contributed by atoms with Crippen molar-refractivity contribution in [3.8, 4) is 0 Å². The molecule has 1 atom stereocenters. The van der Waals surface area contributed by atoms with Gasteiger partial charge >= 0.3 is 6.80 Å². The normalized spacial score (nSPS) is 14.8. The van der Waals surface area contributed by atoms with Gasteiger partial charge in [0.25, 0.3) is 0 Å². The first-order valence-electron chi connectivity index (χ1n) is 7.48. The number of carbonyl (C=O) groups excluding carboxylic acids is 1. The first-order chi connectivity index (χ1) is 10.3. The smallest absolute Gasteiger partial charge is 0.301 e. The van der Waals surface area contributed by atoms with E-state index in [-0.39, 0.29) is 24.9 Å². The maximum absolute atomic E-state index is 12.9. The van der Waals surface area contributed by atoms with E-state index in [1.54, 1.807) is 26.0 Å². The molecular formula is C16H25O4PS. The summed E-state index contributed by atoms with van der Waals surface area (Å²) in [7, 11) is 0. The van der Waals surface area contributed by atoms with E-state index in [4.69, 9.17) is 9.05 Å². The van der Waals surface area contributed by atoms with Crippen molar-refractivity contribution < 1.29 is 18.4 Å². The van der Waals surface area contributed by atoms with Gasteiger partial charge in [-0.25, -0.2) is 4.57 Å². The standard InChI is InChI=1S/C16H25O4PS/c1-6-19-21(18,20-7-2)22-16(5,13(3)4)15(17)14-11-9-8-10-12-14/h8-13H,6-7H2,1-5H3. The number of hydrogen-bond acceptors (Lipinski definition) is 5. The summed E-state index contributed by atoms with van der Waals surface area (Å²) in [5.41, 5.74) is 0.603. The van der Waals surface area contributed by atoms with Gasteiger partial charge in [0, 0.05) is 5.56 Å². The minimum atomic E-state index is -3.37. The van der Waals surface area contributed by atoms with Crippen LogP contribution in [0.3, 0.4) is 0 Å². The van der Waals surface area contributed by atoms with E-state index in [1.807, 2.05) is 39.0 Å². The zero-order chi connectivity index (χ0) is 16.8. The number of hydrogen-bond donors (Lipinski definition) is 0. The van der Waals surface area contributed by atoms with E-state index < -0.39 is 11.5 Å². The lowest BCUT2D eigenvalue weighted by Crippen LogP contribution is -2.37. The van der Waals surface area contributed by atoms with Gasteiger partial charge in [-0.1, -0.05) is 44.2 Å². The van der Waals surface area contributed by atoms with Crippen molar-refractivity contribution in [1.29, 1.82) is 0 Å². The van der Waals surface area contributed by atoms with Crippen LogP contribution in [0.15, 0.2) is 30.3 Å². The van der Waals surface area contributed by atoms with E-state index in [0.29, 0.717) is 5.56 Å². The molecule has 0 aliphatic heterocycles. The summed E-state index contributed by atoms with van der Waals surface area (Å²) in [6.07, 6.45) is 0. The molecule has 0 bridgehead atoms. The number of carbonyl (C=O) groups is 1. The van der Waals surface area contributed by atoms with Gasteiger partial charge in [-0.3, -0.25) is 4.79 Å². The molecule has 0 aliphatic carbocycles. The Morgan fingerprint density at radius 3 is 2.09 bits per heavy atom. The topological polar surface area (TPSA) is 52.6 Å². The van der Waals surface area contributed by atoms with Gasteiger partial charge in [-0.15, -0.1) is 0 Å². The fourth-order valence-electron chi connectivity index (χ4n) is 1.92. The second kappa shape index (κ2) is 8.30. The Kier molecular flexibility index (Phi) is 7.33. The van der Waals surface area contributed by atoms with Crippen LogP contribution in [-0.4, -0.2) is 23.7 Å². The predicted octanol–water partition coefficient (Wildman–Crippen LogP) is 5.20. The zero-order valence-corrected chi connectivity index (χ0v) is 15.6. The highest BCUT2D eigenvalue weighted by molar-refractivity contribution is 8.56. The molecule has 22 heavy (non-hydrogen) atoms. The van der Waals surface area contributed by atoms with Crippen molar-refractivity contribution in [2.24, 2.45) is 5.92 Å². The van der Waals surface area contributed by atoms with E-state index in [0.717, 1.165) is 11.4 Å². The molecule has 0 aliphatic rings. The van der Waals surface area contributed by atoms with Crippen molar-refractivity contribution in [3.05, 3.63) is 35.9 Å². The number of rotatable bonds is 9. The van der Waals surface area contributed by atoms with Crippen LogP contribution in [-0.2, 0) is 13.6 Å². The van der Waals surface area contributed by atoms with E-state index >= 15 is 0 Å². The quantitative estimate of drug-likeness (QED) is 0.455. The number of ketones is 1. The van der Waals surface area contributed by atoms with Crippen molar-refractivity contribution in [1.82, 2.24) is 0 Å². The molecule has 0 amide bonds. The van der Waals surface area contributed by atoms with Crippen LogP contribution in [0.25, 0.3) is 0 Å². The Hall–Kier alpha value is -0.610. The van der Waals surface area contributed by atoms with Crippen LogP contribution in [0.2, 0.25) is 0 Å². The minimum absolute atomic E-state index is 0.0283. The van der Waals surface area contributed by atoms with Crippen LogP contribution >= 0.6 is 18.2 Å². The van der Waals surface area contributed by atoms with Gasteiger partial charge in [0.2, 0.25) is 0 Å². The van der Waals surface area contributed by atoms with Crippen molar-refractivity contribution >= 4 is 24.0 Å². The Bertz CT molecular complexity index is 522. The zero-order valence-electron chi connectivity index (χ0n) is 13.9. The van der Waals surface area contributed by atoms with Crippen LogP contribution in [0.5, 0.6) is 0 Å². The van der Waals surface area contributed by atoms with Gasteiger partial charge < -0.3 is 9.05 Å². The molecule has 1 rings (SSSR count). The first kappa shape index (κ1) is 19.4. The molecule has 1 unspecified atom stereocenters.